The Balaban J connectivity index is 0.000000935. The summed E-state index contributed by atoms with van der Waals surface area (Å²) in [6.45, 7) is 5.00. The van der Waals surface area contributed by atoms with Crippen LogP contribution in [-0.4, -0.2) is 7.11 Å². The fraction of sp³-hybridized carbons (Fsp3) is 0.111. The number of ether oxygens (including phenoxy) is 1. The Labute approximate surface area is 216 Å². The minimum atomic E-state index is 0. The van der Waals surface area contributed by atoms with Gasteiger partial charge in [-0.05, 0) is 40.5 Å². The van der Waals surface area contributed by atoms with Gasteiger partial charge < -0.3 is 36.5 Å². The zero-order valence-electron chi connectivity index (χ0n) is 17.6. The van der Waals surface area contributed by atoms with Gasteiger partial charge in [0, 0.05) is 5.92 Å². The van der Waals surface area contributed by atoms with Gasteiger partial charge in [0.25, 0.3) is 0 Å². The second kappa shape index (κ2) is 12.3. The third-order valence-electron chi connectivity index (χ3n) is 5.38. The normalized spacial score (nSPS) is 13.4. The summed E-state index contributed by atoms with van der Waals surface area (Å²) in [7, 11) is 1.71. The van der Waals surface area contributed by atoms with Crippen LogP contribution in [0.5, 0.6) is 5.75 Å². The largest absolute Gasteiger partial charge is 4.00 e. The standard InChI is InChI=1S/C25H19O.C2H5.2ClH.Zr/c1-26-20-14-12-18(13-15-20)24-16-19-6-2-3-9-22(19)25(24)23-11-5-8-17-7-4-10-21(17)23;1-2;;;/h2-16,25H,1H3;1H2,2H3;2*1H;/q2*-1;;;+4/p-2. The summed E-state index contributed by atoms with van der Waals surface area (Å²) in [6, 6.07) is 30.3. The van der Waals surface area contributed by atoms with Gasteiger partial charge in [-0.2, -0.15) is 19.1 Å². The molecule has 1 atom stereocenters. The molecular formula is C27H24Cl2OZr. The fourth-order valence-electron chi connectivity index (χ4n) is 4.13. The number of allylic oxidation sites excluding steroid dienone is 1. The number of rotatable bonds is 3. The summed E-state index contributed by atoms with van der Waals surface area (Å²) in [5.74, 6) is 1.14. The van der Waals surface area contributed by atoms with Gasteiger partial charge in [-0.25, -0.2) is 0 Å². The first-order chi connectivity index (χ1) is 13.8. The molecule has 1 unspecified atom stereocenters. The summed E-state index contributed by atoms with van der Waals surface area (Å²) in [6.07, 6.45) is 2.34. The molecule has 1 aliphatic rings. The monoisotopic (exact) mass is 524 g/mol. The SMILES string of the molecule is COc1ccc(C2=Cc3ccccc3C2c2cccc3[cH-]ccc23)cc1.[CH2-]C.[Cl-].[Cl-].[Zr+4]. The maximum Gasteiger partial charge on any atom is 4.00 e. The van der Waals surface area contributed by atoms with Gasteiger partial charge in [0.15, 0.2) is 0 Å². The molecule has 0 spiro atoms. The smallest absolute Gasteiger partial charge is 1.00 e. The van der Waals surface area contributed by atoms with E-state index in [4.69, 9.17) is 4.74 Å². The van der Waals surface area contributed by atoms with Crippen molar-refractivity contribution in [2.45, 2.75) is 12.8 Å². The molecule has 1 aliphatic carbocycles. The molecule has 0 N–H and O–H groups in total. The number of hydrogen-bond acceptors (Lipinski definition) is 1. The Hall–Kier alpha value is -1.73. The third kappa shape index (κ3) is 5.20. The van der Waals surface area contributed by atoms with Gasteiger partial charge in [0.1, 0.15) is 5.75 Å². The van der Waals surface area contributed by atoms with Gasteiger partial charge >= 0.3 is 26.2 Å². The quantitative estimate of drug-likeness (QED) is 0.364. The molecule has 0 saturated heterocycles. The number of hydrogen-bond donors (Lipinski definition) is 0. The minimum absolute atomic E-state index is 0. The van der Waals surface area contributed by atoms with Crippen LogP contribution in [0.15, 0.2) is 84.9 Å². The van der Waals surface area contributed by atoms with Crippen LogP contribution in [0.2, 0.25) is 0 Å². The first kappa shape index (κ1) is 27.3. The van der Waals surface area contributed by atoms with Crippen molar-refractivity contribution in [3.05, 3.63) is 114 Å². The van der Waals surface area contributed by atoms with Gasteiger partial charge in [0.05, 0.1) is 7.11 Å². The van der Waals surface area contributed by atoms with Crippen molar-refractivity contribution >= 4 is 22.4 Å². The molecule has 0 aromatic heterocycles. The Morgan fingerprint density at radius 3 is 2.19 bits per heavy atom. The molecule has 0 radical (unpaired) electrons. The van der Waals surface area contributed by atoms with Crippen molar-refractivity contribution < 1.29 is 55.8 Å². The van der Waals surface area contributed by atoms with Crippen molar-refractivity contribution in [2.75, 3.05) is 7.11 Å². The van der Waals surface area contributed by atoms with E-state index < -0.39 is 0 Å². The molecule has 0 aliphatic heterocycles. The summed E-state index contributed by atoms with van der Waals surface area (Å²) >= 11 is 0. The predicted molar refractivity (Wildman–Crippen MR) is 120 cm³/mol. The van der Waals surface area contributed by atoms with E-state index in [9.17, 15) is 0 Å². The molecule has 156 valence electrons. The molecule has 4 heteroatoms. The molecule has 0 heterocycles. The van der Waals surface area contributed by atoms with Gasteiger partial charge in [-0.1, -0.05) is 48.0 Å². The van der Waals surface area contributed by atoms with E-state index in [0.29, 0.717) is 0 Å². The van der Waals surface area contributed by atoms with E-state index in [1.807, 2.05) is 12.1 Å². The van der Waals surface area contributed by atoms with Crippen LogP contribution in [0.4, 0.5) is 0 Å². The molecule has 4 aromatic rings. The summed E-state index contributed by atoms with van der Waals surface area (Å²) in [5.41, 5.74) is 6.66. The Bertz CT molecular complexity index is 1130. The number of benzene rings is 3. The van der Waals surface area contributed by atoms with Crippen molar-refractivity contribution in [3.63, 3.8) is 0 Å². The molecule has 31 heavy (non-hydrogen) atoms. The Kier molecular flexibility index (Phi) is 10.9. The van der Waals surface area contributed by atoms with Crippen LogP contribution in [0.25, 0.3) is 22.4 Å². The van der Waals surface area contributed by atoms with Gasteiger partial charge in [-0.3, -0.25) is 0 Å². The first-order valence-corrected chi connectivity index (χ1v) is 9.65. The molecule has 0 bridgehead atoms. The average Bonchev–Trinajstić information content (AvgIpc) is 3.40. The topological polar surface area (TPSA) is 9.23 Å². The second-order valence-electron chi connectivity index (χ2n) is 6.77. The van der Waals surface area contributed by atoms with E-state index in [-0.39, 0.29) is 56.9 Å². The zero-order valence-corrected chi connectivity index (χ0v) is 21.6. The summed E-state index contributed by atoms with van der Waals surface area (Å²) < 4.78 is 5.33. The maximum absolute atomic E-state index is 5.33. The number of methoxy groups -OCH3 is 1. The number of halogens is 2. The molecule has 4 aromatic carbocycles. The van der Waals surface area contributed by atoms with E-state index in [2.05, 4.69) is 85.8 Å². The molecule has 0 saturated carbocycles. The predicted octanol–water partition coefficient (Wildman–Crippen LogP) is 1.10. The van der Waals surface area contributed by atoms with Gasteiger partial charge in [-0.15, -0.1) is 29.0 Å². The van der Waals surface area contributed by atoms with Crippen LogP contribution in [-0.2, 0) is 26.2 Å². The zero-order chi connectivity index (χ0) is 19.5. The van der Waals surface area contributed by atoms with Crippen molar-refractivity contribution in [1.82, 2.24) is 0 Å². The maximum atomic E-state index is 5.33. The van der Waals surface area contributed by atoms with Crippen LogP contribution in [0.3, 0.4) is 0 Å². The van der Waals surface area contributed by atoms with E-state index in [0.717, 1.165) is 5.75 Å². The number of fused-ring (bicyclic) bond motifs is 2. The summed E-state index contributed by atoms with van der Waals surface area (Å²) in [5, 5.41) is 2.65. The molecule has 1 nitrogen and oxygen atoms in total. The average molecular weight is 527 g/mol. The fourth-order valence-corrected chi connectivity index (χ4v) is 4.13. The second-order valence-corrected chi connectivity index (χ2v) is 6.77. The van der Waals surface area contributed by atoms with Crippen LogP contribution < -0.4 is 29.6 Å². The van der Waals surface area contributed by atoms with Crippen molar-refractivity contribution in [1.29, 1.82) is 0 Å². The van der Waals surface area contributed by atoms with Crippen LogP contribution in [0, 0.1) is 6.92 Å². The molecule has 0 fully saturated rings. The molecule has 5 rings (SSSR count). The van der Waals surface area contributed by atoms with Crippen molar-refractivity contribution in [2.24, 2.45) is 0 Å². The third-order valence-corrected chi connectivity index (χ3v) is 5.38. The Morgan fingerprint density at radius 1 is 0.806 bits per heavy atom. The first-order valence-electron chi connectivity index (χ1n) is 9.65. The summed E-state index contributed by atoms with van der Waals surface area (Å²) in [4.78, 5) is 0. The van der Waals surface area contributed by atoms with Gasteiger partial charge in [0.2, 0.25) is 0 Å². The van der Waals surface area contributed by atoms with Crippen molar-refractivity contribution in [3.8, 4) is 5.75 Å². The van der Waals surface area contributed by atoms with Crippen LogP contribution in [0.1, 0.15) is 35.1 Å². The minimum Gasteiger partial charge on any atom is -1.00 e. The molecule has 0 amide bonds. The van der Waals surface area contributed by atoms with E-state index >= 15 is 0 Å². The Morgan fingerprint density at radius 2 is 1.48 bits per heavy atom. The van der Waals surface area contributed by atoms with E-state index in [1.54, 1.807) is 14.0 Å². The van der Waals surface area contributed by atoms with E-state index in [1.165, 1.54) is 38.6 Å². The van der Waals surface area contributed by atoms with Crippen LogP contribution >= 0.6 is 0 Å². The molecular weight excluding hydrogens is 502 g/mol.